The van der Waals surface area contributed by atoms with Crippen molar-refractivity contribution < 1.29 is 4.74 Å². The predicted molar refractivity (Wildman–Crippen MR) is 84.5 cm³/mol. The van der Waals surface area contributed by atoms with Crippen molar-refractivity contribution in [3.05, 3.63) is 35.1 Å². The summed E-state index contributed by atoms with van der Waals surface area (Å²) in [6.07, 6.45) is 0.805. The first-order valence-electron chi connectivity index (χ1n) is 6.53. The minimum Gasteiger partial charge on any atom is -0.384 e. The average molecular weight is 308 g/mol. The number of methoxy groups -OCH3 is 1. The number of nitrogens with zero attached hydrogens (tertiary/aromatic N) is 4. The summed E-state index contributed by atoms with van der Waals surface area (Å²) in [4.78, 5) is 14.3. The topological polar surface area (TPSA) is 63.2 Å². The highest BCUT2D eigenvalue weighted by Gasteiger charge is 2.09. The molecular weight excluding hydrogens is 290 g/mol. The molecule has 0 saturated carbocycles. The molecule has 0 aliphatic carbocycles. The molecule has 1 heterocycles. The van der Waals surface area contributed by atoms with E-state index in [1.54, 1.807) is 12.0 Å². The number of para-hydroxylation sites is 1. The first-order chi connectivity index (χ1) is 10.1. The number of benzene rings is 1. The Hall–Kier alpha value is -1.92. The van der Waals surface area contributed by atoms with E-state index >= 15 is 0 Å². The number of aromatic nitrogens is 3. The van der Waals surface area contributed by atoms with Crippen molar-refractivity contribution in [1.29, 1.82) is 0 Å². The summed E-state index contributed by atoms with van der Waals surface area (Å²) < 4.78 is 5.12. The zero-order valence-electron chi connectivity index (χ0n) is 12.3. The van der Waals surface area contributed by atoms with Crippen LogP contribution in [0.5, 0.6) is 0 Å². The molecule has 1 N–H and O–H groups in total. The molecule has 0 atom stereocenters. The van der Waals surface area contributed by atoms with Crippen molar-refractivity contribution in [3.8, 4) is 0 Å². The van der Waals surface area contributed by atoms with Gasteiger partial charge in [0.2, 0.25) is 17.2 Å². The van der Waals surface area contributed by atoms with Crippen molar-refractivity contribution in [3.63, 3.8) is 0 Å². The highest BCUT2D eigenvalue weighted by molar-refractivity contribution is 6.28. The lowest BCUT2D eigenvalue weighted by Crippen LogP contribution is -2.14. The molecule has 7 heteroatoms. The molecule has 0 aliphatic heterocycles. The molecule has 0 fully saturated rings. The fraction of sp³-hybridized carbons (Fsp3) is 0.357. The Morgan fingerprint density at radius 1 is 1.19 bits per heavy atom. The lowest BCUT2D eigenvalue weighted by molar-refractivity contribution is 0.202. The number of ether oxygens (including phenoxy) is 1. The molecule has 2 aromatic rings. The summed E-state index contributed by atoms with van der Waals surface area (Å²) in [7, 11) is 5.38. The van der Waals surface area contributed by atoms with E-state index in [1.807, 2.05) is 38.4 Å². The highest BCUT2D eigenvalue weighted by atomic mass is 35.5. The summed E-state index contributed by atoms with van der Waals surface area (Å²) in [6, 6.07) is 7.95. The van der Waals surface area contributed by atoms with Gasteiger partial charge in [-0.3, -0.25) is 0 Å². The van der Waals surface area contributed by atoms with E-state index < -0.39 is 0 Å². The number of hydrogen-bond donors (Lipinski definition) is 1. The van der Waals surface area contributed by atoms with Crippen LogP contribution in [-0.4, -0.2) is 42.8 Å². The summed E-state index contributed by atoms with van der Waals surface area (Å²) in [5.41, 5.74) is 2.06. The number of halogens is 1. The zero-order valence-corrected chi connectivity index (χ0v) is 13.1. The predicted octanol–water partition coefficient (Wildman–Crippen LogP) is 2.52. The van der Waals surface area contributed by atoms with E-state index in [9.17, 15) is 0 Å². The zero-order chi connectivity index (χ0) is 15.2. The Kier molecular flexibility index (Phi) is 5.30. The number of nitrogens with one attached hydrogen (secondary N) is 1. The number of hydrogen-bond acceptors (Lipinski definition) is 6. The second-order valence-electron chi connectivity index (χ2n) is 4.65. The van der Waals surface area contributed by atoms with Gasteiger partial charge in [0.25, 0.3) is 0 Å². The van der Waals surface area contributed by atoms with E-state index in [-0.39, 0.29) is 5.28 Å². The minimum atomic E-state index is 0.158. The number of rotatable bonds is 6. The molecule has 112 valence electrons. The fourth-order valence-corrected chi connectivity index (χ4v) is 1.94. The fourth-order valence-electron chi connectivity index (χ4n) is 1.79. The quantitative estimate of drug-likeness (QED) is 0.885. The second kappa shape index (κ2) is 7.19. The van der Waals surface area contributed by atoms with Gasteiger partial charge in [-0.05, 0) is 29.7 Å². The van der Waals surface area contributed by atoms with E-state index in [2.05, 4.69) is 20.3 Å². The number of anilines is 3. The molecule has 0 saturated heterocycles. The first kappa shape index (κ1) is 15.5. The maximum atomic E-state index is 5.93. The van der Waals surface area contributed by atoms with Crippen molar-refractivity contribution in [2.24, 2.45) is 0 Å². The van der Waals surface area contributed by atoms with E-state index in [0.717, 1.165) is 17.7 Å². The van der Waals surface area contributed by atoms with Gasteiger partial charge >= 0.3 is 0 Å². The van der Waals surface area contributed by atoms with E-state index in [0.29, 0.717) is 18.5 Å². The van der Waals surface area contributed by atoms with Crippen LogP contribution in [0.15, 0.2) is 24.3 Å². The molecule has 0 bridgehead atoms. The van der Waals surface area contributed by atoms with Gasteiger partial charge in [-0.25, -0.2) is 0 Å². The molecule has 0 radical (unpaired) electrons. The molecule has 6 nitrogen and oxygen atoms in total. The van der Waals surface area contributed by atoms with Crippen molar-refractivity contribution >= 4 is 29.2 Å². The smallest absolute Gasteiger partial charge is 0.233 e. The Morgan fingerprint density at radius 3 is 2.67 bits per heavy atom. The monoisotopic (exact) mass is 307 g/mol. The first-order valence-corrected chi connectivity index (χ1v) is 6.90. The van der Waals surface area contributed by atoms with Crippen molar-refractivity contribution in [2.75, 3.05) is 38.0 Å². The normalized spacial score (nSPS) is 10.5. The maximum absolute atomic E-state index is 5.93. The van der Waals surface area contributed by atoms with Gasteiger partial charge < -0.3 is 15.0 Å². The highest BCUT2D eigenvalue weighted by Crippen LogP contribution is 2.21. The lowest BCUT2D eigenvalue weighted by atomic mass is 10.1. The van der Waals surface area contributed by atoms with Crippen LogP contribution < -0.4 is 10.2 Å². The Bertz CT molecular complexity index is 606. The summed E-state index contributed by atoms with van der Waals surface area (Å²) in [5, 5.41) is 3.35. The third-order valence-electron chi connectivity index (χ3n) is 2.84. The summed E-state index contributed by atoms with van der Waals surface area (Å²) in [6.45, 7) is 0.652. The molecule has 0 amide bonds. The third kappa shape index (κ3) is 4.27. The van der Waals surface area contributed by atoms with Crippen molar-refractivity contribution in [1.82, 2.24) is 15.0 Å². The van der Waals surface area contributed by atoms with Gasteiger partial charge in [0.15, 0.2) is 0 Å². The maximum Gasteiger partial charge on any atom is 0.233 e. The molecular formula is C14H18ClN5O. The average Bonchev–Trinajstić information content (AvgIpc) is 2.45. The van der Waals surface area contributed by atoms with Crippen LogP contribution in [0.3, 0.4) is 0 Å². The van der Waals surface area contributed by atoms with Crippen LogP contribution >= 0.6 is 11.6 Å². The van der Waals surface area contributed by atoms with Crippen molar-refractivity contribution in [2.45, 2.75) is 6.42 Å². The third-order valence-corrected chi connectivity index (χ3v) is 3.00. The van der Waals surface area contributed by atoms with Gasteiger partial charge in [-0.1, -0.05) is 18.2 Å². The Morgan fingerprint density at radius 2 is 1.95 bits per heavy atom. The molecule has 1 aromatic carbocycles. The van der Waals surface area contributed by atoms with Crippen LogP contribution in [0, 0.1) is 0 Å². The standard InChI is InChI=1S/C14H18ClN5O/c1-20(2)14-18-12(15)17-13(19-14)16-11-7-5-4-6-10(11)8-9-21-3/h4-7H,8-9H2,1-3H3,(H,16,17,18,19). The van der Waals surface area contributed by atoms with Crippen LogP contribution in [0.4, 0.5) is 17.6 Å². The molecule has 0 spiro atoms. The van der Waals surface area contributed by atoms with E-state index in [1.165, 1.54) is 0 Å². The van der Waals surface area contributed by atoms with Crippen LogP contribution in [0.1, 0.15) is 5.56 Å². The Balaban J connectivity index is 2.25. The molecule has 0 aliphatic rings. The summed E-state index contributed by atoms with van der Waals surface area (Å²) >= 11 is 5.93. The largest absolute Gasteiger partial charge is 0.384 e. The van der Waals surface area contributed by atoms with Gasteiger partial charge in [0, 0.05) is 26.9 Å². The van der Waals surface area contributed by atoms with Crippen LogP contribution in [0.2, 0.25) is 5.28 Å². The minimum absolute atomic E-state index is 0.158. The second-order valence-corrected chi connectivity index (χ2v) is 4.99. The van der Waals surface area contributed by atoms with Gasteiger partial charge in [0.1, 0.15) is 0 Å². The SMILES string of the molecule is COCCc1ccccc1Nc1nc(Cl)nc(N(C)C)n1. The lowest BCUT2D eigenvalue weighted by Gasteiger charge is -2.13. The van der Waals surface area contributed by atoms with E-state index in [4.69, 9.17) is 16.3 Å². The van der Waals surface area contributed by atoms with Gasteiger partial charge in [0.05, 0.1) is 6.61 Å². The summed E-state index contributed by atoms with van der Waals surface area (Å²) in [5.74, 6) is 0.926. The van der Waals surface area contributed by atoms with Crippen LogP contribution in [-0.2, 0) is 11.2 Å². The molecule has 1 aromatic heterocycles. The van der Waals surface area contributed by atoms with Crippen LogP contribution in [0.25, 0.3) is 0 Å². The van der Waals surface area contributed by atoms with Gasteiger partial charge in [-0.15, -0.1) is 0 Å². The molecule has 0 unspecified atom stereocenters. The molecule has 21 heavy (non-hydrogen) atoms. The van der Waals surface area contributed by atoms with Gasteiger partial charge in [-0.2, -0.15) is 15.0 Å². The Labute approximate surface area is 129 Å². The molecule has 2 rings (SSSR count).